The fraction of sp³-hybridized carbons (Fsp3) is 0.391. The van der Waals surface area contributed by atoms with Gasteiger partial charge in [-0.15, -0.1) is 0 Å². The summed E-state index contributed by atoms with van der Waals surface area (Å²) >= 11 is 6.30. The number of carbonyl (C=O) groups is 1. The van der Waals surface area contributed by atoms with Crippen molar-refractivity contribution in [2.75, 3.05) is 38.7 Å². The van der Waals surface area contributed by atoms with Crippen LogP contribution in [0.3, 0.4) is 0 Å². The molecule has 0 unspecified atom stereocenters. The van der Waals surface area contributed by atoms with E-state index in [4.69, 9.17) is 21.1 Å². The van der Waals surface area contributed by atoms with E-state index >= 15 is 0 Å². The maximum atomic E-state index is 13.1. The van der Waals surface area contributed by atoms with Crippen molar-refractivity contribution in [2.24, 2.45) is 12.5 Å². The summed E-state index contributed by atoms with van der Waals surface area (Å²) in [5.74, 6) is 0.902. The lowest BCUT2D eigenvalue weighted by Gasteiger charge is -2.47. The van der Waals surface area contributed by atoms with Gasteiger partial charge >= 0.3 is 0 Å². The Balaban J connectivity index is 1.33. The summed E-state index contributed by atoms with van der Waals surface area (Å²) in [5.41, 5.74) is 2.89. The number of methoxy groups -OCH3 is 1. The number of hydrogen-bond acceptors (Lipinski definition) is 7. The Morgan fingerprint density at radius 2 is 2.03 bits per heavy atom. The van der Waals surface area contributed by atoms with Crippen LogP contribution in [0.5, 0.6) is 5.75 Å². The normalized spacial score (nSPS) is 17.0. The average molecular weight is 469 g/mol. The topological polar surface area (TPSA) is 94.4 Å². The van der Waals surface area contributed by atoms with E-state index in [0.717, 1.165) is 44.7 Å². The molecule has 2 saturated heterocycles. The van der Waals surface area contributed by atoms with E-state index in [2.05, 4.69) is 20.4 Å². The van der Waals surface area contributed by atoms with Crippen molar-refractivity contribution in [1.29, 1.82) is 0 Å². The van der Waals surface area contributed by atoms with Crippen LogP contribution < -0.4 is 10.1 Å². The van der Waals surface area contributed by atoms with E-state index in [1.165, 1.54) is 0 Å². The molecule has 1 N–H and O–H groups in total. The molecule has 0 aliphatic carbocycles. The molecule has 9 nitrogen and oxygen atoms in total. The predicted molar refractivity (Wildman–Crippen MR) is 124 cm³/mol. The van der Waals surface area contributed by atoms with Gasteiger partial charge in [0.25, 0.3) is 5.91 Å². The molecular formula is C23H25ClN6O3. The molecule has 2 aromatic heterocycles. The van der Waals surface area contributed by atoms with Crippen LogP contribution in [0.2, 0.25) is 5.02 Å². The van der Waals surface area contributed by atoms with Gasteiger partial charge in [-0.05, 0) is 31.0 Å². The Kier molecular flexibility index (Phi) is 5.67. The number of hydrogen-bond donors (Lipinski definition) is 1. The van der Waals surface area contributed by atoms with E-state index in [0.29, 0.717) is 33.7 Å². The van der Waals surface area contributed by atoms with Crippen molar-refractivity contribution >= 4 is 29.1 Å². The second-order valence-electron chi connectivity index (χ2n) is 8.62. The van der Waals surface area contributed by atoms with Gasteiger partial charge in [0.2, 0.25) is 5.95 Å². The molecule has 4 heterocycles. The lowest BCUT2D eigenvalue weighted by atomic mass is 9.77. The zero-order valence-corrected chi connectivity index (χ0v) is 19.3. The van der Waals surface area contributed by atoms with Crippen LogP contribution in [0.4, 0.5) is 11.6 Å². The van der Waals surface area contributed by atoms with E-state index in [9.17, 15) is 4.79 Å². The van der Waals surface area contributed by atoms with E-state index < -0.39 is 0 Å². The number of ether oxygens (including phenoxy) is 2. The molecule has 2 aliphatic heterocycles. The standard InChI is InChI=1S/C23H25ClN6O3/c1-29-12-16(10-26-29)20-17(24)11-25-22(28-20)27-18-4-3-15(9-19(18)32-2)21(31)30-7-5-23(6-8-30)13-33-14-23/h3-4,9-12H,5-8,13-14H2,1-2H3,(H,25,27,28). The first-order valence-electron chi connectivity index (χ1n) is 10.8. The SMILES string of the molecule is COc1cc(C(=O)N2CCC3(CC2)COC3)ccc1Nc1ncc(Cl)c(-c2cnn(C)c2)n1. The van der Waals surface area contributed by atoms with Gasteiger partial charge in [-0.2, -0.15) is 5.10 Å². The smallest absolute Gasteiger partial charge is 0.253 e. The molecule has 172 valence electrons. The number of aromatic nitrogens is 4. The maximum absolute atomic E-state index is 13.1. The minimum absolute atomic E-state index is 0.0107. The van der Waals surface area contributed by atoms with E-state index in [1.54, 1.807) is 42.4 Å². The zero-order valence-electron chi connectivity index (χ0n) is 18.5. The summed E-state index contributed by atoms with van der Waals surface area (Å²) in [6.45, 7) is 3.14. The first kappa shape index (κ1) is 21.7. The summed E-state index contributed by atoms with van der Waals surface area (Å²) in [6, 6.07) is 5.35. The minimum atomic E-state index is 0.0107. The molecule has 1 aromatic carbocycles. The summed E-state index contributed by atoms with van der Waals surface area (Å²) < 4.78 is 12.6. The van der Waals surface area contributed by atoms with Gasteiger partial charge < -0.3 is 19.7 Å². The summed E-state index contributed by atoms with van der Waals surface area (Å²) in [5, 5.41) is 7.77. The van der Waals surface area contributed by atoms with Crippen LogP contribution >= 0.6 is 11.6 Å². The van der Waals surface area contributed by atoms with Gasteiger partial charge in [0.15, 0.2) is 0 Å². The van der Waals surface area contributed by atoms with Crippen LogP contribution in [0.15, 0.2) is 36.8 Å². The number of rotatable bonds is 5. The summed E-state index contributed by atoms with van der Waals surface area (Å²) in [7, 11) is 3.40. The highest BCUT2D eigenvalue weighted by Gasteiger charge is 2.42. The first-order valence-corrected chi connectivity index (χ1v) is 11.2. The maximum Gasteiger partial charge on any atom is 0.253 e. The molecule has 33 heavy (non-hydrogen) atoms. The van der Waals surface area contributed by atoms with Crippen molar-refractivity contribution in [3.63, 3.8) is 0 Å². The van der Waals surface area contributed by atoms with Gasteiger partial charge in [0.1, 0.15) is 5.75 Å². The summed E-state index contributed by atoms with van der Waals surface area (Å²) in [4.78, 5) is 23.8. The summed E-state index contributed by atoms with van der Waals surface area (Å²) in [6.07, 6.45) is 7.05. The van der Waals surface area contributed by atoms with Crippen LogP contribution in [-0.4, -0.2) is 64.0 Å². The number of nitrogens with zero attached hydrogens (tertiary/aromatic N) is 5. The molecule has 2 aliphatic rings. The predicted octanol–water partition coefficient (Wildman–Crippen LogP) is 3.54. The quantitative estimate of drug-likeness (QED) is 0.612. The zero-order chi connectivity index (χ0) is 23.0. The number of anilines is 2. The molecule has 10 heteroatoms. The lowest BCUT2D eigenvalue weighted by Crippen LogP contribution is -2.52. The second-order valence-corrected chi connectivity index (χ2v) is 9.03. The Morgan fingerprint density at radius 1 is 1.24 bits per heavy atom. The van der Waals surface area contributed by atoms with Crippen molar-refractivity contribution in [1.82, 2.24) is 24.6 Å². The molecule has 2 fully saturated rings. The van der Waals surface area contributed by atoms with Crippen molar-refractivity contribution in [2.45, 2.75) is 12.8 Å². The number of amides is 1. The van der Waals surface area contributed by atoms with Gasteiger partial charge in [0.05, 0.1) is 49.1 Å². The molecule has 5 rings (SSSR count). The van der Waals surface area contributed by atoms with Gasteiger partial charge in [-0.25, -0.2) is 9.97 Å². The molecule has 1 amide bonds. The third-order valence-corrected chi connectivity index (χ3v) is 6.62. The largest absolute Gasteiger partial charge is 0.495 e. The monoisotopic (exact) mass is 468 g/mol. The Hall–Kier alpha value is -3.17. The highest BCUT2D eigenvalue weighted by molar-refractivity contribution is 6.32. The molecule has 0 radical (unpaired) electrons. The Labute approximate surface area is 196 Å². The third kappa shape index (κ3) is 4.26. The van der Waals surface area contributed by atoms with Crippen molar-refractivity contribution in [3.8, 4) is 17.0 Å². The number of piperidine rings is 1. The molecule has 0 bridgehead atoms. The number of halogens is 1. The number of carbonyl (C=O) groups excluding carboxylic acids is 1. The number of benzene rings is 1. The molecule has 3 aromatic rings. The van der Waals surface area contributed by atoms with Crippen LogP contribution in [-0.2, 0) is 11.8 Å². The van der Waals surface area contributed by atoms with E-state index in [1.807, 2.05) is 18.1 Å². The van der Waals surface area contributed by atoms with Crippen LogP contribution in [0, 0.1) is 5.41 Å². The lowest BCUT2D eigenvalue weighted by molar-refractivity contribution is -0.136. The number of aryl methyl sites for hydroxylation is 1. The Bertz CT molecular complexity index is 1180. The molecule has 0 saturated carbocycles. The van der Waals surface area contributed by atoms with Crippen LogP contribution in [0.25, 0.3) is 11.3 Å². The number of likely N-dealkylation sites (tertiary alicyclic amines) is 1. The van der Waals surface area contributed by atoms with Crippen molar-refractivity contribution in [3.05, 3.63) is 47.4 Å². The average Bonchev–Trinajstić information content (AvgIpc) is 3.25. The van der Waals surface area contributed by atoms with Crippen molar-refractivity contribution < 1.29 is 14.3 Å². The van der Waals surface area contributed by atoms with Gasteiger partial charge in [0, 0.05) is 42.9 Å². The molecular weight excluding hydrogens is 444 g/mol. The fourth-order valence-electron chi connectivity index (χ4n) is 4.27. The Morgan fingerprint density at radius 3 is 2.67 bits per heavy atom. The first-order chi connectivity index (χ1) is 16.0. The molecule has 1 spiro atoms. The fourth-order valence-corrected chi connectivity index (χ4v) is 4.47. The highest BCUT2D eigenvalue weighted by Crippen LogP contribution is 2.39. The molecule has 0 atom stereocenters. The minimum Gasteiger partial charge on any atom is -0.495 e. The van der Waals surface area contributed by atoms with Gasteiger partial charge in [-0.3, -0.25) is 9.48 Å². The van der Waals surface area contributed by atoms with Gasteiger partial charge in [-0.1, -0.05) is 11.6 Å². The number of nitrogens with one attached hydrogen (secondary N) is 1. The second kappa shape index (κ2) is 8.64. The third-order valence-electron chi connectivity index (χ3n) is 6.35. The van der Waals surface area contributed by atoms with E-state index in [-0.39, 0.29) is 11.3 Å². The van der Waals surface area contributed by atoms with Crippen LogP contribution in [0.1, 0.15) is 23.2 Å². The highest BCUT2D eigenvalue weighted by atomic mass is 35.5.